The second-order valence-electron chi connectivity index (χ2n) is 0.455. The van der Waals surface area contributed by atoms with Crippen molar-refractivity contribution >= 4 is 5.96 Å². The van der Waals surface area contributed by atoms with Gasteiger partial charge in [0.15, 0.2) is 5.96 Å². The first kappa shape index (κ1) is 8.87. The first-order valence-corrected chi connectivity index (χ1v) is 0.827. The van der Waals surface area contributed by atoms with E-state index in [-0.39, 0.29) is 12.1 Å². The molecule has 0 atom stereocenters. The lowest BCUT2D eigenvalue weighted by Gasteiger charge is -1.69. The van der Waals surface area contributed by atoms with Crippen molar-refractivity contribution < 1.29 is 0 Å². The summed E-state index contributed by atoms with van der Waals surface area (Å²) in [6, 6.07) is 0. The van der Waals surface area contributed by atoms with Gasteiger partial charge in [-0.1, -0.05) is 0 Å². The van der Waals surface area contributed by atoms with Gasteiger partial charge in [-0.05, 0) is 0 Å². The molecule has 0 aliphatic heterocycles. The summed E-state index contributed by atoms with van der Waals surface area (Å²) in [7, 11) is 0. The van der Waals surface area contributed by atoms with Crippen molar-refractivity contribution in [2.75, 3.05) is 0 Å². The van der Waals surface area contributed by atoms with Gasteiger partial charge in [-0.15, -0.1) is 0 Å². The summed E-state index contributed by atoms with van der Waals surface area (Å²) in [5, 5.41) is 6.06. The summed E-state index contributed by atoms with van der Waals surface area (Å²) < 4.78 is 0. The number of hydrogen-bond acceptors (Lipinski definition) is 2. The molecule has 0 amide bonds. The standard InChI is InChI=1S/CH5N3.H3N/c2-1(3)4;/h(H5,2,3,4);1H3. The molecule has 0 saturated heterocycles. The van der Waals surface area contributed by atoms with E-state index in [1.54, 1.807) is 0 Å². The van der Waals surface area contributed by atoms with Crippen LogP contribution in [0.5, 0.6) is 0 Å². The van der Waals surface area contributed by atoms with E-state index in [0.717, 1.165) is 0 Å². The number of guanidine groups is 1. The zero-order chi connectivity index (χ0) is 3.58. The first-order valence-electron chi connectivity index (χ1n) is 0.827. The Kier molecular flexibility index (Phi) is 5.73. The fraction of sp³-hybridized carbons (Fsp3) is 0. The molecule has 0 unspecified atom stereocenters. The molecular formula is CH8N4. The topological polar surface area (TPSA) is 111 Å². The van der Waals surface area contributed by atoms with Gasteiger partial charge in [-0.3, -0.25) is 5.41 Å². The van der Waals surface area contributed by atoms with Crippen molar-refractivity contribution in [2.24, 2.45) is 11.5 Å². The van der Waals surface area contributed by atoms with E-state index >= 15 is 0 Å². The lowest BCUT2D eigenvalue weighted by Crippen LogP contribution is -2.20. The van der Waals surface area contributed by atoms with Crippen LogP contribution >= 0.6 is 0 Å². The van der Waals surface area contributed by atoms with Gasteiger partial charge in [0.25, 0.3) is 0 Å². The average molecular weight is 76.1 g/mol. The van der Waals surface area contributed by atoms with Crippen LogP contribution in [0.25, 0.3) is 0 Å². The Hall–Kier alpha value is -0.770. The van der Waals surface area contributed by atoms with Crippen molar-refractivity contribution in [3.8, 4) is 0 Å². The number of hydrogen-bond donors (Lipinski definition) is 4. The van der Waals surface area contributed by atoms with Gasteiger partial charge in [-0.2, -0.15) is 0 Å². The second kappa shape index (κ2) is 3.23. The third-order valence-corrected chi connectivity index (χ3v) is 0. The predicted octanol–water partition coefficient (Wildman–Crippen LogP) is -0.999. The zero-order valence-electron chi connectivity index (χ0n) is 2.86. The number of nitrogens with one attached hydrogen (secondary N) is 1. The van der Waals surface area contributed by atoms with Crippen molar-refractivity contribution in [1.82, 2.24) is 6.15 Å². The monoisotopic (exact) mass is 76.1 g/mol. The SMILES string of the molecule is N.N=C(N)N. The average Bonchev–Trinajstić information content (AvgIpc) is 0.811. The Labute approximate surface area is 30.2 Å². The highest BCUT2D eigenvalue weighted by atomic mass is 14.9. The maximum absolute atomic E-state index is 6.06. The highest BCUT2D eigenvalue weighted by Gasteiger charge is 1.52. The molecule has 0 aliphatic carbocycles. The molecule has 0 radical (unpaired) electrons. The number of rotatable bonds is 0. The summed E-state index contributed by atoms with van der Waals surface area (Å²) in [5.41, 5.74) is 8.94. The third kappa shape index (κ3) is 8.24. The highest BCUT2D eigenvalue weighted by molar-refractivity contribution is 5.71. The molecule has 0 aromatic carbocycles. The van der Waals surface area contributed by atoms with Gasteiger partial charge in [0, 0.05) is 0 Å². The molecule has 5 heavy (non-hydrogen) atoms. The van der Waals surface area contributed by atoms with E-state index < -0.39 is 0 Å². The molecule has 0 fully saturated rings. The van der Waals surface area contributed by atoms with E-state index in [4.69, 9.17) is 5.41 Å². The summed E-state index contributed by atoms with van der Waals surface area (Å²) in [4.78, 5) is 0. The van der Waals surface area contributed by atoms with E-state index in [2.05, 4.69) is 11.5 Å². The molecule has 0 spiro atoms. The van der Waals surface area contributed by atoms with Crippen molar-refractivity contribution in [2.45, 2.75) is 0 Å². The Morgan fingerprint density at radius 3 is 1.40 bits per heavy atom. The van der Waals surface area contributed by atoms with Crippen LogP contribution in [-0.2, 0) is 0 Å². The second-order valence-corrected chi connectivity index (χ2v) is 0.455. The van der Waals surface area contributed by atoms with Crippen molar-refractivity contribution in [3.05, 3.63) is 0 Å². The van der Waals surface area contributed by atoms with Crippen LogP contribution in [0.4, 0.5) is 0 Å². The van der Waals surface area contributed by atoms with E-state index in [9.17, 15) is 0 Å². The Bertz CT molecular complexity index is 26.6. The normalized spacial score (nSPS) is 4.80. The maximum atomic E-state index is 6.06. The lowest BCUT2D eigenvalue weighted by atomic mass is 11.1. The Balaban J connectivity index is 0. The molecule has 0 rings (SSSR count). The molecule has 0 saturated carbocycles. The fourth-order valence-electron chi connectivity index (χ4n) is 0. The maximum Gasteiger partial charge on any atom is 0.183 e. The van der Waals surface area contributed by atoms with Crippen LogP contribution in [0.3, 0.4) is 0 Å². The quantitative estimate of drug-likeness (QED) is 0.219. The minimum absolute atomic E-state index is 0. The van der Waals surface area contributed by atoms with Crippen LogP contribution in [0, 0.1) is 5.41 Å². The minimum Gasteiger partial charge on any atom is -0.370 e. The van der Waals surface area contributed by atoms with Crippen LogP contribution in [0.1, 0.15) is 0 Å². The van der Waals surface area contributed by atoms with Crippen LogP contribution < -0.4 is 17.6 Å². The highest BCUT2D eigenvalue weighted by Crippen LogP contribution is 1.13. The Morgan fingerprint density at radius 2 is 1.40 bits per heavy atom. The molecule has 8 N–H and O–H groups in total. The summed E-state index contributed by atoms with van der Waals surface area (Å²) in [5.74, 6) is -0.333. The molecule has 0 aromatic rings. The van der Waals surface area contributed by atoms with Gasteiger partial charge in [0.05, 0.1) is 0 Å². The summed E-state index contributed by atoms with van der Waals surface area (Å²) in [6.45, 7) is 0. The predicted molar refractivity (Wildman–Crippen MR) is 21.1 cm³/mol. The smallest absolute Gasteiger partial charge is 0.183 e. The molecular weight excluding hydrogens is 68.0 g/mol. The van der Waals surface area contributed by atoms with Gasteiger partial charge >= 0.3 is 0 Å². The van der Waals surface area contributed by atoms with Crippen molar-refractivity contribution in [1.29, 1.82) is 5.41 Å². The summed E-state index contributed by atoms with van der Waals surface area (Å²) >= 11 is 0. The Morgan fingerprint density at radius 1 is 1.40 bits per heavy atom. The molecule has 0 aliphatic rings. The molecule has 4 nitrogen and oxygen atoms in total. The molecule has 0 bridgehead atoms. The number of nitrogens with two attached hydrogens (primary N) is 2. The molecule has 0 aromatic heterocycles. The lowest BCUT2D eigenvalue weighted by molar-refractivity contribution is 1.39. The van der Waals surface area contributed by atoms with Crippen LogP contribution in [0.2, 0.25) is 0 Å². The first-order chi connectivity index (χ1) is 1.73. The van der Waals surface area contributed by atoms with Crippen LogP contribution in [0.15, 0.2) is 0 Å². The van der Waals surface area contributed by atoms with E-state index in [1.165, 1.54) is 0 Å². The van der Waals surface area contributed by atoms with Crippen molar-refractivity contribution in [3.63, 3.8) is 0 Å². The van der Waals surface area contributed by atoms with E-state index in [0.29, 0.717) is 0 Å². The van der Waals surface area contributed by atoms with Gasteiger partial charge in [-0.25, -0.2) is 0 Å². The third-order valence-electron chi connectivity index (χ3n) is 0. The fourth-order valence-corrected chi connectivity index (χ4v) is 0. The summed E-state index contributed by atoms with van der Waals surface area (Å²) in [6.07, 6.45) is 0. The molecule has 32 valence electrons. The van der Waals surface area contributed by atoms with Gasteiger partial charge in [0.2, 0.25) is 0 Å². The largest absolute Gasteiger partial charge is 0.370 e. The zero-order valence-corrected chi connectivity index (χ0v) is 2.86. The molecule has 0 heterocycles. The van der Waals surface area contributed by atoms with E-state index in [1.807, 2.05) is 0 Å². The molecule has 4 heteroatoms. The minimum atomic E-state index is -0.333. The van der Waals surface area contributed by atoms with Crippen LogP contribution in [-0.4, -0.2) is 5.96 Å². The van der Waals surface area contributed by atoms with Gasteiger partial charge in [0.1, 0.15) is 0 Å². The van der Waals surface area contributed by atoms with Gasteiger partial charge < -0.3 is 17.6 Å².